The first-order valence-electron chi connectivity index (χ1n) is 12.4. The van der Waals surface area contributed by atoms with E-state index in [1.54, 1.807) is 29.7 Å². The summed E-state index contributed by atoms with van der Waals surface area (Å²) in [6, 6.07) is 21.3. The van der Waals surface area contributed by atoms with E-state index in [1.807, 2.05) is 49.4 Å². The number of aromatic amines is 1. The first-order valence-corrected chi connectivity index (χ1v) is 12.4. The van der Waals surface area contributed by atoms with E-state index in [0.717, 1.165) is 64.7 Å². The van der Waals surface area contributed by atoms with Gasteiger partial charge in [0.2, 0.25) is 0 Å². The second-order valence-electron chi connectivity index (χ2n) is 9.55. The summed E-state index contributed by atoms with van der Waals surface area (Å²) in [5, 5.41) is 1.12. The van der Waals surface area contributed by atoms with E-state index < -0.39 is 12.1 Å². The zero-order chi connectivity index (χ0) is 24.8. The topological polar surface area (TPSA) is 77.0 Å². The fourth-order valence-corrected chi connectivity index (χ4v) is 5.19. The van der Waals surface area contributed by atoms with E-state index in [2.05, 4.69) is 16.0 Å². The van der Waals surface area contributed by atoms with Crippen molar-refractivity contribution in [3.63, 3.8) is 0 Å². The van der Waals surface area contributed by atoms with Crippen molar-refractivity contribution in [3.8, 4) is 11.4 Å². The van der Waals surface area contributed by atoms with Crippen molar-refractivity contribution >= 4 is 33.8 Å². The van der Waals surface area contributed by atoms with E-state index in [1.165, 1.54) is 11.1 Å². The molecule has 1 unspecified atom stereocenters. The van der Waals surface area contributed by atoms with E-state index in [9.17, 15) is 9.59 Å². The first kappa shape index (κ1) is 22.3. The molecule has 1 N–H and O–H groups in total. The number of rotatable bonds is 4. The molecule has 180 valence electrons. The maximum atomic E-state index is 13.5. The van der Waals surface area contributed by atoms with Crippen LogP contribution in [0.5, 0.6) is 0 Å². The Labute approximate surface area is 208 Å². The molecule has 1 atom stereocenters. The summed E-state index contributed by atoms with van der Waals surface area (Å²) >= 11 is 0. The zero-order valence-electron chi connectivity index (χ0n) is 20.4. The number of ether oxygens (including phenoxy) is 1. The molecule has 5 aromatic rings. The van der Waals surface area contributed by atoms with Crippen LogP contribution in [0.3, 0.4) is 0 Å². The number of aromatic nitrogens is 3. The highest BCUT2D eigenvalue weighted by atomic mass is 16.5. The molecular formula is C30H27N3O3. The lowest BCUT2D eigenvalue weighted by Gasteiger charge is -2.18. The van der Waals surface area contributed by atoms with Crippen LogP contribution in [0.1, 0.15) is 51.7 Å². The maximum Gasteiger partial charge on any atom is 0.338 e. The van der Waals surface area contributed by atoms with Crippen molar-refractivity contribution in [1.29, 1.82) is 0 Å². The van der Waals surface area contributed by atoms with Crippen LogP contribution in [0.25, 0.3) is 33.3 Å². The van der Waals surface area contributed by atoms with Gasteiger partial charge >= 0.3 is 5.97 Å². The molecule has 0 spiro atoms. The monoisotopic (exact) mass is 477 g/mol. The normalized spacial score (nSPS) is 14.1. The van der Waals surface area contributed by atoms with Gasteiger partial charge in [0.25, 0.3) is 5.91 Å². The Balaban J connectivity index is 1.26. The summed E-state index contributed by atoms with van der Waals surface area (Å²) in [7, 11) is 0. The molecule has 3 aromatic carbocycles. The number of imidazole rings is 1. The van der Waals surface area contributed by atoms with Crippen molar-refractivity contribution in [2.45, 2.75) is 45.6 Å². The van der Waals surface area contributed by atoms with Gasteiger partial charge in [-0.05, 0) is 69.4 Å². The Bertz CT molecular complexity index is 1630. The highest BCUT2D eigenvalue weighted by Gasteiger charge is 2.28. The fraction of sp³-hybridized carbons (Fsp3) is 0.233. The number of esters is 1. The average molecular weight is 478 g/mol. The molecule has 0 amide bonds. The molecule has 36 heavy (non-hydrogen) atoms. The standard InChI is InChI=1S/C30H27N3O3/c1-18-11-13-20(14-12-18)28-31-24-16-15-21(17-25(24)32-28)30(35)36-19(2)29(34)33-26-9-5-3-7-22(26)23-8-4-6-10-27(23)33/h3,5,7,9,11-17,19H,4,6,8,10H2,1-2H3,(H,31,32). The lowest BCUT2D eigenvalue weighted by molar-refractivity contribution is 0.0285. The van der Waals surface area contributed by atoms with Gasteiger partial charge in [-0.25, -0.2) is 9.78 Å². The number of hydrogen-bond donors (Lipinski definition) is 1. The average Bonchev–Trinajstić information content (AvgIpc) is 3.47. The lowest BCUT2D eigenvalue weighted by Crippen LogP contribution is -2.30. The van der Waals surface area contributed by atoms with Crippen LogP contribution in [-0.2, 0) is 17.6 Å². The summed E-state index contributed by atoms with van der Waals surface area (Å²) in [6.45, 7) is 3.69. The van der Waals surface area contributed by atoms with Crippen molar-refractivity contribution in [2.75, 3.05) is 0 Å². The molecule has 0 aliphatic heterocycles. The Morgan fingerprint density at radius 3 is 2.61 bits per heavy atom. The number of H-pyrrole nitrogens is 1. The molecule has 2 heterocycles. The van der Waals surface area contributed by atoms with Crippen LogP contribution in [0.15, 0.2) is 66.7 Å². The number of carbonyl (C=O) groups is 2. The van der Waals surface area contributed by atoms with Gasteiger partial charge in [0.05, 0.1) is 22.1 Å². The van der Waals surface area contributed by atoms with Gasteiger partial charge in [-0.1, -0.05) is 48.0 Å². The molecule has 6 rings (SSSR count). The Kier molecular flexibility index (Phi) is 5.44. The minimum atomic E-state index is -0.917. The third-order valence-corrected chi connectivity index (χ3v) is 7.07. The first-order chi connectivity index (χ1) is 17.5. The fourth-order valence-electron chi connectivity index (χ4n) is 5.19. The second-order valence-corrected chi connectivity index (χ2v) is 9.55. The third-order valence-electron chi connectivity index (χ3n) is 7.07. The summed E-state index contributed by atoms with van der Waals surface area (Å²) in [6.07, 6.45) is 3.09. The highest BCUT2D eigenvalue weighted by Crippen LogP contribution is 2.32. The molecule has 1 aliphatic carbocycles. The number of hydrogen-bond acceptors (Lipinski definition) is 4. The van der Waals surface area contributed by atoms with E-state index in [-0.39, 0.29) is 5.91 Å². The molecule has 0 bridgehead atoms. The Morgan fingerprint density at radius 1 is 1.00 bits per heavy atom. The molecule has 6 nitrogen and oxygen atoms in total. The van der Waals surface area contributed by atoms with Crippen molar-refractivity contribution < 1.29 is 14.3 Å². The summed E-state index contributed by atoms with van der Waals surface area (Å²) in [5.41, 5.74) is 7.22. The number of aryl methyl sites for hydroxylation is 2. The molecule has 6 heteroatoms. The summed E-state index contributed by atoms with van der Waals surface area (Å²) in [5.74, 6) is -0.00939. The van der Waals surface area contributed by atoms with E-state index >= 15 is 0 Å². The predicted octanol–water partition coefficient (Wildman–Crippen LogP) is 6.26. The van der Waals surface area contributed by atoms with Crippen molar-refractivity contribution in [2.24, 2.45) is 0 Å². The van der Waals surface area contributed by atoms with Gasteiger partial charge in [0.15, 0.2) is 6.10 Å². The van der Waals surface area contributed by atoms with Crippen molar-refractivity contribution in [1.82, 2.24) is 14.5 Å². The Hall–Kier alpha value is -4.19. The molecule has 0 radical (unpaired) electrons. The summed E-state index contributed by atoms with van der Waals surface area (Å²) in [4.78, 5) is 34.5. The zero-order valence-corrected chi connectivity index (χ0v) is 20.4. The number of nitrogens with one attached hydrogen (secondary N) is 1. The van der Waals surface area contributed by atoms with Crippen LogP contribution in [0.4, 0.5) is 0 Å². The van der Waals surface area contributed by atoms with Gasteiger partial charge in [-0.3, -0.25) is 9.36 Å². The number of para-hydroxylation sites is 1. The molecule has 2 aromatic heterocycles. The smallest absolute Gasteiger partial charge is 0.338 e. The van der Waals surface area contributed by atoms with Gasteiger partial charge < -0.3 is 9.72 Å². The number of nitrogens with zero attached hydrogens (tertiary/aromatic N) is 2. The van der Waals surface area contributed by atoms with Crippen LogP contribution in [-0.4, -0.2) is 32.5 Å². The minimum Gasteiger partial charge on any atom is -0.449 e. The molecular weight excluding hydrogens is 450 g/mol. The van der Waals surface area contributed by atoms with Gasteiger partial charge in [-0.2, -0.15) is 0 Å². The quantitative estimate of drug-likeness (QED) is 0.310. The third kappa shape index (κ3) is 3.79. The number of fused-ring (bicyclic) bond motifs is 4. The summed E-state index contributed by atoms with van der Waals surface area (Å²) < 4.78 is 7.44. The van der Waals surface area contributed by atoms with Crippen LogP contribution in [0, 0.1) is 6.92 Å². The molecule has 1 aliphatic rings. The van der Waals surface area contributed by atoms with Crippen LogP contribution in [0.2, 0.25) is 0 Å². The SMILES string of the molecule is Cc1ccc(-c2nc3ccc(C(=O)OC(C)C(=O)n4c5c(c6ccccc64)CCCC5)cc3[nH]2)cc1. The van der Waals surface area contributed by atoms with Gasteiger partial charge in [-0.15, -0.1) is 0 Å². The lowest BCUT2D eigenvalue weighted by atomic mass is 9.95. The van der Waals surface area contributed by atoms with Crippen molar-refractivity contribution in [3.05, 3.63) is 89.1 Å². The Morgan fingerprint density at radius 2 is 1.78 bits per heavy atom. The van der Waals surface area contributed by atoms with E-state index in [4.69, 9.17) is 4.74 Å². The highest BCUT2D eigenvalue weighted by molar-refractivity contribution is 6.00. The van der Waals surface area contributed by atoms with Crippen LogP contribution >= 0.6 is 0 Å². The predicted molar refractivity (Wildman–Crippen MR) is 140 cm³/mol. The van der Waals surface area contributed by atoms with E-state index in [0.29, 0.717) is 5.56 Å². The number of benzene rings is 3. The maximum absolute atomic E-state index is 13.5. The second kappa shape index (κ2) is 8.79. The largest absolute Gasteiger partial charge is 0.449 e. The van der Waals surface area contributed by atoms with Crippen LogP contribution < -0.4 is 0 Å². The minimum absolute atomic E-state index is 0.216. The number of carbonyl (C=O) groups excluding carboxylic acids is 2. The van der Waals surface area contributed by atoms with Gasteiger partial charge in [0.1, 0.15) is 5.82 Å². The molecule has 0 fully saturated rings. The van der Waals surface area contributed by atoms with Gasteiger partial charge in [0, 0.05) is 16.6 Å². The molecule has 0 saturated heterocycles. The molecule has 0 saturated carbocycles.